The summed E-state index contributed by atoms with van der Waals surface area (Å²) in [4.78, 5) is 10.0. The molecule has 0 saturated carbocycles. The molecule has 0 amide bonds. The second-order valence-electron chi connectivity index (χ2n) is 2.46. The van der Waals surface area contributed by atoms with E-state index in [0.29, 0.717) is 16.5 Å². The molecule has 0 N–H and O–H groups in total. The summed E-state index contributed by atoms with van der Waals surface area (Å²) in [5.41, 5.74) is 0.803. The van der Waals surface area contributed by atoms with Gasteiger partial charge >= 0.3 is 0 Å². The molecule has 0 atom stereocenters. The first kappa shape index (κ1) is 10.5. The highest BCUT2D eigenvalue weighted by atomic mass is 35.5. The fourth-order valence-electron chi connectivity index (χ4n) is 0.919. The largest absolute Gasteiger partial charge is 0.302 e. The van der Waals surface area contributed by atoms with Crippen LogP contribution in [0, 0.1) is 5.82 Å². The van der Waals surface area contributed by atoms with Crippen molar-refractivity contribution in [3.8, 4) is 0 Å². The van der Waals surface area contributed by atoms with Crippen LogP contribution in [-0.2, 0) is 10.5 Å². The predicted molar refractivity (Wildman–Crippen MR) is 53.6 cm³/mol. The molecule has 1 rings (SSSR count). The van der Waals surface area contributed by atoms with Gasteiger partial charge in [-0.3, -0.25) is 0 Å². The number of aldehydes is 1. The Morgan fingerprint density at radius 2 is 2.23 bits per heavy atom. The minimum Gasteiger partial charge on any atom is -0.302 e. The van der Waals surface area contributed by atoms with E-state index in [-0.39, 0.29) is 5.82 Å². The van der Waals surface area contributed by atoms with Gasteiger partial charge in [0.1, 0.15) is 12.1 Å². The van der Waals surface area contributed by atoms with Crippen molar-refractivity contribution in [3.63, 3.8) is 0 Å². The monoisotopic (exact) mass is 218 g/mol. The van der Waals surface area contributed by atoms with E-state index >= 15 is 0 Å². The van der Waals surface area contributed by atoms with Gasteiger partial charge in [-0.1, -0.05) is 11.6 Å². The number of carbonyl (C=O) groups is 1. The lowest BCUT2D eigenvalue weighted by molar-refractivity contribution is -0.105. The molecule has 0 aliphatic rings. The van der Waals surface area contributed by atoms with Gasteiger partial charge in [-0.15, -0.1) is 11.8 Å². The maximum absolute atomic E-state index is 12.8. The van der Waals surface area contributed by atoms with Crippen LogP contribution in [0.5, 0.6) is 0 Å². The lowest BCUT2D eigenvalue weighted by Gasteiger charge is -2.00. The van der Waals surface area contributed by atoms with Crippen LogP contribution in [0.3, 0.4) is 0 Å². The zero-order valence-corrected chi connectivity index (χ0v) is 8.37. The summed E-state index contributed by atoms with van der Waals surface area (Å²) in [6.45, 7) is 0. The van der Waals surface area contributed by atoms with Gasteiger partial charge in [0, 0.05) is 16.5 Å². The minimum atomic E-state index is -0.339. The number of benzene rings is 1. The highest BCUT2D eigenvalue weighted by Gasteiger charge is 1.98. The zero-order valence-electron chi connectivity index (χ0n) is 6.80. The molecular formula is C9H8ClFOS. The third-order valence-corrected chi connectivity index (χ3v) is 2.50. The van der Waals surface area contributed by atoms with Gasteiger partial charge in [0.15, 0.2) is 0 Å². The van der Waals surface area contributed by atoms with Crippen molar-refractivity contribution < 1.29 is 9.18 Å². The fourth-order valence-corrected chi connectivity index (χ4v) is 1.78. The topological polar surface area (TPSA) is 17.1 Å². The Kier molecular flexibility index (Phi) is 4.25. The number of hydrogen-bond acceptors (Lipinski definition) is 2. The smallest absolute Gasteiger partial charge is 0.129 e. The Bertz CT molecular complexity index is 283. The highest BCUT2D eigenvalue weighted by Crippen LogP contribution is 2.18. The van der Waals surface area contributed by atoms with E-state index < -0.39 is 0 Å². The van der Waals surface area contributed by atoms with E-state index in [0.717, 1.165) is 11.8 Å². The van der Waals surface area contributed by atoms with Crippen LogP contribution >= 0.6 is 23.4 Å². The van der Waals surface area contributed by atoms with Crippen molar-refractivity contribution in [2.45, 2.75) is 5.75 Å². The molecule has 0 bridgehead atoms. The summed E-state index contributed by atoms with van der Waals surface area (Å²) in [7, 11) is 0. The van der Waals surface area contributed by atoms with Gasteiger partial charge in [-0.25, -0.2) is 4.39 Å². The van der Waals surface area contributed by atoms with E-state index in [1.807, 2.05) is 0 Å². The van der Waals surface area contributed by atoms with Gasteiger partial charge in [0.05, 0.1) is 0 Å². The first-order valence-corrected chi connectivity index (χ1v) is 5.22. The van der Waals surface area contributed by atoms with Crippen molar-refractivity contribution in [3.05, 3.63) is 34.6 Å². The third-order valence-electron chi connectivity index (χ3n) is 1.38. The van der Waals surface area contributed by atoms with Gasteiger partial charge < -0.3 is 4.79 Å². The first-order valence-electron chi connectivity index (χ1n) is 3.68. The summed E-state index contributed by atoms with van der Waals surface area (Å²) in [6, 6.07) is 4.38. The molecule has 13 heavy (non-hydrogen) atoms. The molecule has 4 heteroatoms. The van der Waals surface area contributed by atoms with E-state index in [2.05, 4.69) is 0 Å². The van der Waals surface area contributed by atoms with Crippen LogP contribution in [0.2, 0.25) is 5.02 Å². The average molecular weight is 219 g/mol. The molecule has 0 heterocycles. The van der Waals surface area contributed by atoms with Crippen LogP contribution in [0.1, 0.15) is 5.56 Å². The van der Waals surface area contributed by atoms with Gasteiger partial charge in [0.2, 0.25) is 0 Å². The summed E-state index contributed by atoms with van der Waals surface area (Å²) >= 11 is 7.07. The van der Waals surface area contributed by atoms with Crippen molar-refractivity contribution >= 4 is 29.6 Å². The second-order valence-corrected chi connectivity index (χ2v) is 3.93. The molecule has 0 radical (unpaired) electrons. The fraction of sp³-hybridized carbons (Fsp3) is 0.222. The van der Waals surface area contributed by atoms with Crippen LogP contribution in [0.25, 0.3) is 0 Å². The predicted octanol–water partition coefficient (Wildman–Crippen LogP) is 2.91. The van der Waals surface area contributed by atoms with E-state index in [4.69, 9.17) is 11.6 Å². The number of thioether (sulfide) groups is 1. The lowest BCUT2D eigenvalue weighted by Crippen LogP contribution is -1.86. The molecule has 0 spiro atoms. The Morgan fingerprint density at radius 3 is 2.85 bits per heavy atom. The van der Waals surface area contributed by atoms with E-state index in [1.54, 1.807) is 6.07 Å². The molecule has 0 unspecified atom stereocenters. The molecule has 0 aliphatic carbocycles. The van der Waals surface area contributed by atoms with Crippen molar-refractivity contribution in [1.29, 1.82) is 0 Å². The first-order chi connectivity index (χ1) is 6.22. The number of rotatable bonds is 4. The maximum atomic E-state index is 12.8. The normalized spacial score (nSPS) is 10.0. The number of halogens is 2. The molecule has 0 fully saturated rings. The van der Waals surface area contributed by atoms with Crippen LogP contribution in [0.4, 0.5) is 4.39 Å². The standard InChI is InChI=1S/C9H8ClFOS/c10-8-3-7(4-9(11)5-8)6-13-2-1-12/h1,3-5H,2,6H2. The van der Waals surface area contributed by atoms with Gasteiger partial charge in [0.25, 0.3) is 0 Å². The summed E-state index contributed by atoms with van der Waals surface area (Å²) in [5, 5.41) is 0.390. The summed E-state index contributed by atoms with van der Waals surface area (Å²) in [5.74, 6) is 0.693. The molecule has 1 aromatic rings. The highest BCUT2D eigenvalue weighted by molar-refractivity contribution is 7.99. The molecular weight excluding hydrogens is 211 g/mol. The molecule has 0 aromatic heterocycles. The van der Waals surface area contributed by atoms with Crippen molar-refractivity contribution in [2.75, 3.05) is 5.75 Å². The SMILES string of the molecule is O=CCSCc1cc(F)cc(Cl)c1. The Labute approximate surface area is 85.3 Å². The minimum absolute atomic E-state index is 0.339. The summed E-state index contributed by atoms with van der Waals surface area (Å²) in [6.07, 6.45) is 0.825. The zero-order chi connectivity index (χ0) is 9.68. The quantitative estimate of drug-likeness (QED) is 0.571. The van der Waals surface area contributed by atoms with Crippen LogP contribution < -0.4 is 0 Å². The molecule has 70 valence electrons. The van der Waals surface area contributed by atoms with E-state index in [1.165, 1.54) is 23.9 Å². The lowest BCUT2D eigenvalue weighted by atomic mass is 10.2. The molecule has 0 aliphatic heterocycles. The Morgan fingerprint density at radius 1 is 1.46 bits per heavy atom. The van der Waals surface area contributed by atoms with Gasteiger partial charge in [-0.2, -0.15) is 0 Å². The van der Waals surface area contributed by atoms with Crippen LogP contribution in [-0.4, -0.2) is 12.0 Å². The second kappa shape index (κ2) is 5.25. The average Bonchev–Trinajstić information content (AvgIpc) is 2.03. The molecule has 0 saturated heterocycles. The Hall–Kier alpha value is -0.540. The third kappa shape index (κ3) is 3.79. The van der Waals surface area contributed by atoms with E-state index in [9.17, 15) is 9.18 Å². The molecule has 1 nitrogen and oxygen atoms in total. The number of hydrogen-bond donors (Lipinski definition) is 0. The van der Waals surface area contributed by atoms with Gasteiger partial charge in [-0.05, 0) is 23.8 Å². The maximum Gasteiger partial charge on any atom is 0.129 e. The summed E-state index contributed by atoms with van der Waals surface area (Å²) < 4.78 is 12.8. The Balaban J connectivity index is 2.60. The number of carbonyl (C=O) groups excluding carboxylic acids is 1. The van der Waals surface area contributed by atoms with Crippen molar-refractivity contribution in [1.82, 2.24) is 0 Å². The van der Waals surface area contributed by atoms with Crippen LogP contribution in [0.15, 0.2) is 18.2 Å². The van der Waals surface area contributed by atoms with Crippen molar-refractivity contribution in [2.24, 2.45) is 0 Å². The molecule has 1 aromatic carbocycles.